The van der Waals surface area contributed by atoms with Crippen molar-refractivity contribution in [3.05, 3.63) is 0 Å². The minimum atomic E-state index is 0.220. The summed E-state index contributed by atoms with van der Waals surface area (Å²) in [7, 11) is 0. The highest BCUT2D eigenvalue weighted by Gasteiger charge is 2.31. The lowest BCUT2D eigenvalue weighted by atomic mass is 10.00. The van der Waals surface area contributed by atoms with Crippen LogP contribution in [0.1, 0.15) is 60.8 Å². The van der Waals surface area contributed by atoms with Crippen LogP contribution >= 0.6 is 0 Å². The molecule has 16 heavy (non-hydrogen) atoms. The first-order valence-corrected chi connectivity index (χ1v) is 6.80. The SMILES string of the molecule is CC.CC(C)CC(=O)C1CCCN1C(C)C. The van der Waals surface area contributed by atoms with Gasteiger partial charge >= 0.3 is 0 Å². The minimum absolute atomic E-state index is 0.220. The summed E-state index contributed by atoms with van der Waals surface area (Å²) < 4.78 is 0. The number of nitrogens with zero attached hydrogens (tertiary/aromatic N) is 1. The van der Waals surface area contributed by atoms with Gasteiger partial charge < -0.3 is 0 Å². The summed E-state index contributed by atoms with van der Waals surface area (Å²) in [6.07, 6.45) is 3.00. The second-order valence-electron chi connectivity index (χ2n) is 5.05. The number of carbonyl (C=O) groups is 1. The van der Waals surface area contributed by atoms with Crippen LogP contribution in [0.5, 0.6) is 0 Å². The maximum Gasteiger partial charge on any atom is 0.150 e. The van der Waals surface area contributed by atoms with Crippen molar-refractivity contribution in [1.29, 1.82) is 0 Å². The Morgan fingerprint density at radius 2 is 1.81 bits per heavy atom. The van der Waals surface area contributed by atoms with Crippen LogP contribution in [0.3, 0.4) is 0 Å². The zero-order chi connectivity index (χ0) is 12.7. The number of rotatable bonds is 4. The Bertz CT molecular complexity index is 199. The van der Waals surface area contributed by atoms with Crippen molar-refractivity contribution < 1.29 is 4.79 Å². The average molecular weight is 227 g/mol. The maximum atomic E-state index is 11.9. The predicted molar refractivity (Wildman–Crippen MR) is 70.7 cm³/mol. The molecule has 96 valence electrons. The molecule has 1 heterocycles. The van der Waals surface area contributed by atoms with Gasteiger partial charge in [-0.25, -0.2) is 0 Å². The fourth-order valence-electron chi connectivity index (χ4n) is 2.29. The van der Waals surface area contributed by atoms with E-state index in [4.69, 9.17) is 0 Å². The molecule has 1 atom stereocenters. The van der Waals surface area contributed by atoms with Crippen molar-refractivity contribution in [3.8, 4) is 0 Å². The van der Waals surface area contributed by atoms with Crippen LogP contribution in [0.15, 0.2) is 0 Å². The Kier molecular flexibility index (Phi) is 7.65. The van der Waals surface area contributed by atoms with Crippen molar-refractivity contribution in [2.24, 2.45) is 5.92 Å². The quantitative estimate of drug-likeness (QED) is 0.732. The van der Waals surface area contributed by atoms with Gasteiger partial charge in [0.15, 0.2) is 0 Å². The fraction of sp³-hybridized carbons (Fsp3) is 0.929. The third-order valence-corrected chi connectivity index (χ3v) is 2.94. The zero-order valence-electron chi connectivity index (χ0n) is 11.9. The second-order valence-corrected chi connectivity index (χ2v) is 5.05. The first-order valence-electron chi connectivity index (χ1n) is 6.80. The standard InChI is InChI=1S/C12H23NO.C2H6/c1-9(2)8-12(14)11-6-5-7-13(11)10(3)4;1-2/h9-11H,5-8H2,1-4H3;1-2H3. The molecular weight excluding hydrogens is 198 g/mol. The Morgan fingerprint density at radius 1 is 1.25 bits per heavy atom. The van der Waals surface area contributed by atoms with Crippen molar-refractivity contribution in [3.63, 3.8) is 0 Å². The van der Waals surface area contributed by atoms with E-state index in [1.54, 1.807) is 0 Å². The molecule has 0 N–H and O–H groups in total. The van der Waals surface area contributed by atoms with E-state index in [1.165, 1.54) is 6.42 Å². The van der Waals surface area contributed by atoms with Crippen LogP contribution in [0.4, 0.5) is 0 Å². The van der Waals surface area contributed by atoms with Crippen molar-refractivity contribution in [2.75, 3.05) is 6.54 Å². The number of likely N-dealkylation sites (tertiary alicyclic amines) is 1. The van der Waals surface area contributed by atoms with Gasteiger partial charge in [0.25, 0.3) is 0 Å². The molecule has 0 spiro atoms. The van der Waals surface area contributed by atoms with Crippen molar-refractivity contribution >= 4 is 5.78 Å². The number of Topliss-reactive ketones (excluding diaryl/α,β-unsaturated/α-hetero) is 1. The highest BCUT2D eigenvalue weighted by Crippen LogP contribution is 2.22. The molecule has 2 nitrogen and oxygen atoms in total. The van der Waals surface area contributed by atoms with E-state index in [1.807, 2.05) is 13.8 Å². The molecule has 0 amide bonds. The van der Waals surface area contributed by atoms with Gasteiger partial charge in [-0.15, -0.1) is 0 Å². The Hall–Kier alpha value is -0.370. The Labute approximate surface area is 101 Å². The molecule has 0 bridgehead atoms. The lowest BCUT2D eigenvalue weighted by Crippen LogP contribution is -2.40. The molecule has 0 radical (unpaired) electrons. The topological polar surface area (TPSA) is 20.3 Å². The summed E-state index contributed by atoms with van der Waals surface area (Å²) in [5.41, 5.74) is 0. The highest BCUT2D eigenvalue weighted by atomic mass is 16.1. The van der Waals surface area contributed by atoms with Gasteiger partial charge in [-0.3, -0.25) is 9.69 Å². The molecule has 1 aliphatic heterocycles. The third kappa shape index (κ3) is 4.65. The van der Waals surface area contributed by atoms with Crippen LogP contribution in [0, 0.1) is 5.92 Å². The van der Waals surface area contributed by atoms with E-state index in [-0.39, 0.29) is 6.04 Å². The summed E-state index contributed by atoms with van der Waals surface area (Å²) in [4.78, 5) is 14.3. The van der Waals surface area contributed by atoms with Gasteiger partial charge in [0, 0.05) is 12.5 Å². The monoisotopic (exact) mass is 227 g/mol. The van der Waals surface area contributed by atoms with E-state index in [0.29, 0.717) is 17.7 Å². The average Bonchev–Trinajstić information content (AvgIpc) is 2.68. The summed E-state index contributed by atoms with van der Waals surface area (Å²) in [5, 5.41) is 0. The summed E-state index contributed by atoms with van der Waals surface area (Å²) >= 11 is 0. The van der Waals surface area contributed by atoms with E-state index in [2.05, 4.69) is 32.6 Å². The number of hydrogen-bond acceptors (Lipinski definition) is 2. The fourth-order valence-corrected chi connectivity index (χ4v) is 2.29. The molecule has 1 unspecified atom stereocenters. The van der Waals surface area contributed by atoms with Crippen LogP contribution in [0.25, 0.3) is 0 Å². The van der Waals surface area contributed by atoms with Gasteiger partial charge in [-0.2, -0.15) is 0 Å². The Balaban J connectivity index is 0.00000106. The van der Waals surface area contributed by atoms with Crippen LogP contribution in [-0.2, 0) is 4.79 Å². The largest absolute Gasteiger partial charge is 0.298 e. The molecule has 0 aromatic rings. The molecule has 0 aromatic carbocycles. The number of hydrogen-bond donors (Lipinski definition) is 0. The first-order chi connectivity index (χ1) is 7.52. The molecule has 1 rings (SSSR count). The first kappa shape index (κ1) is 15.6. The third-order valence-electron chi connectivity index (χ3n) is 2.94. The molecular formula is C14H29NO. The summed E-state index contributed by atoms with van der Waals surface area (Å²) in [6, 6.07) is 0.732. The zero-order valence-corrected chi connectivity index (χ0v) is 11.9. The van der Waals surface area contributed by atoms with Crippen LogP contribution < -0.4 is 0 Å². The second kappa shape index (κ2) is 7.83. The smallest absolute Gasteiger partial charge is 0.150 e. The maximum absolute atomic E-state index is 11.9. The molecule has 0 saturated carbocycles. The summed E-state index contributed by atoms with van der Waals surface area (Å²) in [6.45, 7) is 13.7. The van der Waals surface area contributed by atoms with E-state index in [9.17, 15) is 4.79 Å². The lowest BCUT2D eigenvalue weighted by molar-refractivity contribution is -0.124. The molecule has 0 aliphatic carbocycles. The van der Waals surface area contributed by atoms with Crippen molar-refractivity contribution in [2.45, 2.75) is 72.9 Å². The highest BCUT2D eigenvalue weighted by molar-refractivity contribution is 5.84. The predicted octanol–water partition coefficient (Wildman–Crippen LogP) is 3.50. The molecule has 0 aromatic heterocycles. The van der Waals surface area contributed by atoms with Crippen LogP contribution in [-0.4, -0.2) is 29.3 Å². The van der Waals surface area contributed by atoms with Gasteiger partial charge in [-0.1, -0.05) is 27.7 Å². The normalized spacial score (nSPS) is 21.1. The summed E-state index contributed by atoms with van der Waals surface area (Å²) in [5.74, 6) is 0.948. The Morgan fingerprint density at radius 3 is 2.25 bits per heavy atom. The number of ketones is 1. The lowest BCUT2D eigenvalue weighted by Gasteiger charge is -2.27. The van der Waals surface area contributed by atoms with Gasteiger partial charge in [0.05, 0.1) is 6.04 Å². The molecule has 1 aliphatic rings. The van der Waals surface area contributed by atoms with E-state index < -0.39 is 0 Å². The van der Waals surface area contributed by atoms with Crippen LogP contribution in [0.2, 0.25) is 0 Å². The number of carbonyl (C=O) groups excluding carboxylic acids is 1. The van der Waals surface area contributed by atoms with Gasteiger partial charge in [0.2, 0.25) is 0 Å². The van der Waals surface area contributed by atoms with E-state index in [0.717, 1.165) is 19.4 Å². The molecule has 1 fully saturated rings. The molecule has 2 heteroatoms. The van der Waals surface area contributed by atoms with Crippen molar-refractivity contribution in [1.82, 2.24) is 4.90 Å². The van der Waals surface area contributed by atoms with Gasteiger partial charge in [-0.05, 0) is 39.2 Å². The minimum Gasteiger partial charge on any atom is -0.298 e. The van der Waals surface area contributed by atoms with Gasteiger partial charge in [0.1, 0.15) is 5.78 Å². The van der Waals surface area contributed by atoms with E-state index >= 15 is 0 Å². The molecule has 1 saturated heterocycles.